The highest BCUT2D eigenvalue weighted by atomic mass is 16.5. The lowest BCUT2D eigenvalue weighted by atomic mass is 9.80. The normalized spacial score (nSPS) is 19.2. The molecule has 0 spiro atoms. The highest BCUT2D eigenvalue weighted by molar-refractivity contribution is 5.50. The number of aryl methyl sites for hydroxylation is 5. The Morgan fingerprint density at radius 1 is 0.200 bits per heavy atom. The molecule has 5 aliphatic carbocycles. The first-order chi connectivity index (χ1) is 66.1. The number of hydrogen-bond donors (Lipinski definition) is 0. The molecule has 5 heteroatoms. The standard InChI is InChI=1S/C28H36O.C27H34O.C26H32O.C25H30O.C24H28O/c1-3-4-5-22-29-28-20-18-27(19-21-28)17-16-26-14-12-25(13-15-26)11-10-24-8-6-23(2)7-9-24;1-3-4-21-28-27-19-17-26(18-20-27)16-15-25-13-11-24(12-14-25)10-9-23-7-5-22(2)6-8-23;1-3-20-27-26-18-16-25(17-19-26)15-14-24-12-10-23(11-13-24)9-8-22-6-4-21(2)5-7-22;1-3-26-25-18-16-24(17-19-25)15-14-23-12-10-22(11-13-23)9-8-21-6-4-20(2)5-7-21;1-19-3-5-20(6-4-19)7-8-21-9-11-22(12-10-21)13-14-23-15-17-24(25-2)18-16-23/h12-15,18-21,23-24H,3-11,22H2,1-2H3;11-14,17-20,22-23H,3-10,21H2,1-2H3;10-13,16-19,21-22H,3-9,20H2,1-2H3;10-13,16-21H,3-9H2,1-2H3;9-12,15-20H,3-8H2,1-2H3/t23-,24-;22-,23-;21-,22-;20-,21-;19-,20-. The van der Waals surface area contributed by atoms with Crippen molar-refractivity contribution in [1.82, 2.24) is 0 Å². The number of unbranched alkanes of at least 4 members (excludes halogenated alkanes) is 3. The van der Waals surface area contributed by atoms with Gasteiger partial charge in [-0.1, -0.05) is 323 Å². The van der Waals surface area contributed by atoms with Crippen LogP contribution in [-0.2, 0) is 32.1 Å². The van der Waals surface area contributed by atoms with Crippen LogP contribution in [-0.4, -0.2) is 33.5 Å². The fourth-order valence-corrected chi connectivity index (χ4v) is 18.9. The largest absolute Gasteiger partial charge is 0.497 e. The molecule has 0 heterocycles. The van der Waals surface area contributed by atoms with Gasteiger partial charge in [0.05, 0.1) is 33.5 Å². The van der Waals surface area contributed by atoms with Crippen molar-refractivity contribution in [3.8, 4) is 88.0 Å². The second kappa shape index (κ2) is 60.5. The molecular formula is C130H160O5. The van der Waals surface area contributed by atoms with Gasteiger partial charge in [0, 0.05) is 55.6 Å². The van der Waals surface area contributed by atoms with Crippen molar-refractivity contribution < 1.29 is 23.7 Å². The summed E-state index contributed by atoms with van der Waals surface area (Å²) in [7, 11) is 1.68. The Morgan fingerprint density at radius 3 is 0.578 bits per heavy atom. The fourth-order valence-electron chi connectivity index (χ4n) is 18.9. The van der Waals surface area contributed by atoms with Crippen LogP contribution in [0, 0.1) is 118 Å². The molecule has 0 amide bonds. The van der Waals surface area contributed by atoms with E-state index < -0.39 is 0 Å². The predicted octanol–water partition coefficient (Wildman–Crippen LogP) is 33.2. The van der Waals surface area contributed by atoms with Crippen LogP contribution in [0.1, 0.15) is 345 Å². The SMILES string of the molecule is CCCCCOc1ccc(C#Cc2ccc(CC[C@H]3CC[C@H](C)CC3)cc2)cc1.CCCCOc1ccc(C#Cc2ccc(CC[C@H]3CC[C@H](C)CC3)cc2)cc1.CCCOc1ccc(C#Cc2ccc(CC[C@H]3CC[C@H](C)CC3)cc2)cc1.CCOc1ccc(C#Cc2ccc(CC[C@H]3CC[C@H](C)CC3)cc2)cc1.COc1ccc(C#Cc2ccc(CC[C@H]3CC[C@H](C)CC3)cc2)cc1. The summed E-state index contributed by atoms with van der Waals surface area (Å²) in [6, 6.07) is 84.1. The van der Waals surface area contributed by atoms with Gasteiger partial charge in [-0.25, -0.2) is 0 Å². The van der Waals surface area contributed by atoms with Crippen molar-refractivity contribution in [3.63, 3.8) is 0 Å². The average molecular weight is 1800 g/mol. The molecule has 710 valence electrons. The van der Waals surface area contributed by atoms with Gasteiger partial charge < -0.3 is 23.7 Å². The molecule has 135 heavy (non-hydrogen) atoms. The molecule has 0 radical (unpaired) electrons. The van der Waals surface area contributed by atoms with E-state index in [1.54, 1.807) is 7.11 Å². The van der Waals surface area contributed by atoms with E-state index in [9.17, 15) is 0 Å². The van der Waals surface area contributed by atoms with E-state index in [4.69, 9.17) is 23.7 Å². The third-order valence-electron chi connectivity index (χ3n) is 28.5. The Labute approximate surface area is 818 Å². The Hall–Kier alpha value is -11.0. The van der Waals surface area contributed by atoms with Crippen LogP contribution in [0.25, 0.3) is 0 Å². The Bertz CT molecular complexity index is 5250. The van der Waals surface area contributed by atoms with Crippen molar-refractivity contribution in [1.29, 1.82) is 0 Å². The Kier molecular flexibility index (Phi) is 46.8. The number of rotatable bonds is 30. The van der Waals surface area contributed by atoms with E-state index in [1.165, 1.54) is 233 Å². The molecular weight excluding hydrogens is 1640 g/mol. The second-order valence-corrected chi connectivity index (χ2v) is 39.9. The van der Waals surface area contributed by atoms with Gasteiger partial charge in [-0.3, -0.25) is 0 Å². The maximum absolute atomic E-state index is 5.76. The van der Waals surface area contributed by atoms with Gasteiger partial charge in [-0.2, -0.15) is 0 Å². The lowest BCUT2D eigenvalue weighted by Crippen LogP contribution is -2.12. The zero-order valence-corrected chi connectivity index (χ0v) is 84.2. The smallest absolute Gasteiger partial charge is 0.119 e. The van der Waals surface area contributed by atoms with E-state index in [0.29, 0.717) is 6.61 Å². The molecule has 5 saturated carbocycles. The van der Waals surface area contributed by atoms with Gasteiger partial charge >= 0.3 is 0 Å². The van der Waals surface area contributed by atoms with Crippen molar-refractivity contribution in [3.05, 3.63) is 326 Å². The fraction of sp³-hybridized carbons (Fsp3) is 0.462. The van der Waals surface area contributed by atoms with Crippen LogP contribution in [0.15, 0.2) is 243 Å². The van der Waals surface area contributed by atoms with Gasteiger partial charge in [-0.15, -0.1) is 0 Å². The molecule has 5 aliphatic rings. The summed E-state index contributed by atoms with van der Waals surface area (Å²) in [5.74, 6) is 46.5. The van der Waals surface area contributed by atoms with Crippen LogP contribution in [0.3, 0.4) is 0 Å². The Balaban J connectivity index is 0.000000162. The molecule has 5 nitrogen and oxygen atoms in total. The van der Waals surface area contributed by atoms with E-state index in [-0.39, 0.29) is 0 Å². The van der Waals surface area contributed by atoms with Gasteiger partial charge in [-0.05, 0) is 359 Å². The van der Waals surface area contributed by atoms with Crippen molar-refractivity contribution in [2.24, 2.45) is 59.2 Å². The lowest BCUT2D eigenvalue weighted by Gasteiger charge is -2.26. The molecule has 0 bridgehead atoms. The maximum atomic E-state index is 5.76. The molecule has 0 atom stereocenters. The summed E-state index contributed by atoms with van der Waals surface area (Å²) >= 11 is 0. The maximum Gasteiger partial charge on any atom is 0.119 e. The molecule has 0 N–H and O–H groups in total. The van der Waals surface area contributed by atoms with Gasteiger partial charge in [0.25, 0.3) is 0 Å². The third kappa shape index (κ3) is 41.2. The van der Waals surface area contributed by atoms with Gasteiger partial charge in [0.15, 0.2) is 0 Å². The Morgan fingerprint density at radius 2 is 0.385 bits per heavy atom. The number of ether oxygens (including phenoxy) is 5. The second-order valence-electron chi connectivity index (χ2n) is 39.9. The minimum Gasteiger partial charge on any atom is -0.497 e. The van der Waals surface area contributed by atoms with E-state index in [1.807, 2.05) is 128 Å². The molecule has 0 aromatic heterocycles. The highest BCUT2D eigenvalue weighted by Crippen LogP contribution is 2.37. The topological polar surface area (TPSA) is 46.2 Å². The molecule has 0 unspecified atom stereocenters. The molecule has 0 aliphatic heterocycles. The first-order valence-electron chi connectivity index (χ1n) is 52.7. The summed E-state index contributed by atoms with van der Waals surface area (Å²) in [4.78, 5) is 0. The van der Waals surface area contributed by atoms with Crippen LogP contribution >= 0.6 is 0 Å². The van der Waals surface area contributed by atoms with Gasteiger partial charge in [0.1, 0.15) is 28.7 Å². The van der Waals surface area contributed by atoms with Crippen molar-refractivity contribution in [2.75, 3.05) is 33.5 Å². The molecule has 10 aromatic carbocycles. The van der Waals surface area contributed by atoms with E-state index in [2.05, 4.69) is 236 Å². The van der Waals surface area contributed by atoms with E-state index in [0.717, 1.165) is 189 Å². The zero-order chi connectivity index (χ0) is 94.5. The quantitative estimate of drug-likeness (QED) is 0.0332. The minimum atomic E-state index is 0.692. The van der Waals surface area contributed by atoms with Crippen LogP contribution < -0.4 is 23.7 Å². The first kappa shape index (κ1) is 104. The van der Waals surface area contributed by atoms with E-state index >= 15 is 0 Å². The summed E-state index contributed by atoms with van der Waals surface area (Å²) in [6.07, 6.45) is 48.0. The minimum absolute atomic E-state index is 0.692. The number of benzene rings is 10. The van der Waals surface area contributed by atoms with Crippen molar-refractivity contribution >= 4 is 0 Å². The lowest BCUT2D eigenvalue weighted by molar-refractivity contribution is 0.278. The average Bonchev–Trinajstić information content (AvgIpc) is 0.893. The number of hydrogen-bond acceptors (Lipinski definition) is 5. The summed E-state index contributed by atoms with van der Waals surface area (Å²) in [5.41, 5.74) is 17.7. The highest BCUT2D eigenvalue weighted by Gasteiger charge is 2.23. The molecule has 5 fully saturated rings. The van der Waals surface area contributed by atoms with Crippen LogP contribution in [0.5, 0.6) is 28.7 Å². The van der Waals surface area contributed by atoms with Crippen molar-refractivity contribution in [2.45, 2.75) is 293 Å². The zero-order valence-electron chi connectivity index (χ0n) is 84.2. The first-order valence-corrected chi connectivity index (χ1v) is 52.7. The summed E-state index contributed by atoms with van der Waals surface area (Å²) in [6.45, 7) is 23.5. The summed E-state index contributed by atoms with van der Waals surface area (Å²) < 4.78 is 27.7. The third-order valence-corrected chi connectivity index (χ3v) is 28.5. The monoisotopic (exact) mass is 1800 g/mol. The predicted molar refractivity (Wildman–Crippen MR) is 570 cm³/mol. The van der Waals surface area contributed by atoms with Crippen LogP contribution in [0.4, 0.5) is 0 Å². The molecule has 15 rings (SSSR count). The molecule has 0 saturated heterocycles. The van der Waals surface area contributed by atoms with Crippen LogP contribution in [0.2, 0.25) is 0 Å². The molecule has 10 aromatic rings. The number of methoxy groups -OCH3 is 1. The van der Waals surface area contributed by atoms with Gasteiger partial charge in [0.2, 0.25) is 0 Å². The summed E-state index contributed by atoms with van der Waals surface area (Å²) in [5, 5.41) is 0.